The van der Waals surface area contributed by atoms with Crippen molar-refractivity contribution in [2.24, 2.45) is 0 Å². The monoisotopic (exact) mass is 639 g/mol. The van der Waals surface area contributed by atoms with Crippen LogP contribution in [0.15, 0.2) is 79.0 Å². The lowest BCUT2D eigenvalue weighted by atomic mass is 9.91. The second-order valence-electron chi connectivity index (χ2n) is 11.9. The summed E-state index contributed by atoms with van der Waals surface area (Å²) in [6.07, 6.45) is 6.50. The minimum Gasteiger partial charge on any atom is -0.438 e. The number of nitrogens with one attached hydrogen (secondary N) is 3. The van der Waals surface area contributed by atoms with Gasteiger partial charge in [0.05, 0.1) is 6.20 Å². The molecule has 1 saturated carbocycles. The van der Waals surface area contributed by atoms with Crippen molar-refractivity contribution in [3.8, 4) is 22.8 Å². The third kappa shape index (κ3) is 9.91. The molecule has 0 bridgehead atoms. The first-order valence-corrected chi connectivity index (χ1v) is 16.3. The molecule has 2 aromatic carbocycles. The van der Waals surface area contributed by atoms with E-state index in [0.717, 1.165) is 61.4 Å². The number of benzene rings is 2. The van der Waals surface area contributed by atoms with Crippen molar-refractivity contribution in [2.75, 3.05) is 19.7 Å². The van der Waals surface area contributed by atoms with Crippen LogP contribution in [0.2, 0.25) is 0 Å². The van der Waals surface area contributed by atoms with E-state index in [1.807, 2.05) is 37.3 Å². The highest BCUT2D eigenvalue weighted by Crippen LogP contribution is 2.29. The Balaban J connectivity index is 1.16. The van der Waals surface area contributed by atoms with Gasteiger partial charge in [-0.05, 0) is 112 Å². The molecule has 0 atom stereocenters. The maximum Gasteiger partial charge on any atom is 0.270 e. The number of halogens is 1. The van der Waals surface area contributed by atoms with E-state index in [1.165, 1.54) is 5.56 Å². The van der Waals surface area contributed by atoms with E-state index in [2.05, 4.69) is 50.2 Å². The molecule has 9 nitrogen and oxygen atoms in total. The van der Waals surface area contributed by atoms with E-state index in [9.17, 15) is 14.0 Å². The predicted molar refractivity (Wildman–Crippen MR) is 179 cm³/mol. The Bertz CT molecular complexity index is 1640. The molecule has 1 fully saturated rings. The van der Waals surface area contributed by atoms with Crippen LogP contribution >= 0.6 is 0 Å². The van der Waals surface area contributed by atoms with Crippen LogP contribution in [0.3, 0.4) is 0 Å². The summed E-state index contributed by atoms with van der Waals surface area (Å²) in [5, 5.41) is 18.3. The zero-order valence-electron chi connectivity index (χ0n) is 26.7. The average molecular weight is 640 g/mol. The van der Waals surface area contributed by atoms with Gasteiger partial charge in [-0.25, -0.2) is 14.4 Å². The number of pyridine rings is 2. The van der Waals surface area contributed by atoms with Crippen molar-refractivity contribution in [3.05, 3.63) is 107 Å². The van der Waals surface area contributed by atoms with Crippen molar-refractivity contribution in [1.82, 2.24) is 25.9 Å². The number of hydrogen-bond donors (Lipinski definition) is 4. The summed E-state index contributed by atoms with van der Waals surface area (Å²) in [5.41, 5.74) is 4.40. The van der Waals surface area contributed by atoms with Crippen LogP contribution < -0.4 is 20.7 Å². The molecule has 5 rings (SSSR count). The Morgan fingerprint density at radius 2 is 1.57 bits per heavy atom. The van der Waals surface area contributed by atoms with Crippen LogP contribution in [0, 0.1) is 12.7 Å². The largest absolute Gasteiger partial charge is 0.438 e. The molecule has 2 aromatic heterocycles. The number of rotatable bonds is 14. The second-order valence-corrected chi connectivity index (χ2v) is 11.9. The van der Waals surface area contributed by atoms with Gasteiger partial charge in [-0.3, -0.25) is 9.59 Å². The fourth-order valence-corrected chi connectivity index (χ4v) is 5.71. The van der Waals surface area contributed by atoms with E-state index in [1.54, 1.807) is 12.1 Å². The van der Waals surface area contributed by atoms with E-state index in [4.69, 9.17) is 9.84 Å². The molecule has 2 amide bonds. The van der Waals surface area contributed by atoms with Crippen LogP contribution in [0.1, 0.15) is 70.6 Å². The summed E-state index contributed by atoms with van der Waals surface area (Å²) >= 11 is 0. The number of amides is 2. The zero-order chi connectivity index (χ0) is 33.0. The van der Waals surface area contributed by atoms with Gasteiger partial charge >= 0.3 is 0 Å². The molecule has 0 spiro atoms. The quantitative estimate of drug-likeness (QED) is 0.129. The Labute approximate surface area is 275 Å². The molecule has 4 N–H and O–H groups in total. The number of hydrogen-bond acceptors (Lipinski definition) is 7. The Kier molecular flexibility index (Phi) is 12.0. The average Bonchev–Trinajstić information content (AvgIpc) is 3.08. The number of carbonyl (C=O) groups is 2. The molecule has 47 heavy (non-hydrogen) atoms. The summed E-state index contributed by atoms with van der Waals surface area (Å²) in [4.78, 5) is 34.3. The summed E-state index contributed by atoms with van der Waals surface area (Å²) in [5.74, 6) is -0.791. The van der Waals surface area contributed by atoms with Crippen LogP contribution in [0.4, 0.5) is 4.39 Å². The van der Waals surface area contributed by atoms with Crippen molar-refractivity contribution in [1.29, 1.82) is 0 Å². The number of aryl methyl sites for hydroxylation is 2. The maximum atomic E-state index is 14.3. The van der Waals surface area contributed by atoms with Crippen LogP contribution in [0.5, 0.6) is 11.6 Å². The molecule has 1 aliphatic rings. The van der Waals surface area contributed by atoms with Crippen molar-refractivity contribution < 1.29 is 23.8 Å². The summed E-state index contributed by atoms with van der Waals surface area (Å²) in [6, 6.07) is 22.2. The first-order valence-electron chi connectivity index (χ1n) is 16.3. The lowest BCUT2D eigenvalue weighted by molar-refractivity contribution is 0.0887. The van der Waals surface area contributed by atoms with Crippen LogP contribution in [-0.2, 0) is 6.42 Å². The Morgan fingerprint density at radius 1 is 0.872 bits per heavy atom. The molecule has 4 aromatic rings. The summed E-state index contributed by atoms with van der Waals surface area (Å²) < 4.78 is 20.3. The molecule has 246 valence electrons. The molecule has 10 heteroatoms. The highest BCUT2D eigenvalue weighted by atomic mass is 19.1. The second kappa shape index (κ2) is 16.8. The zero-order valence-corrected chi connectivity index (χ0v) is 26.7. The van der Waals surface area contributed by atoms with Gasteiger partial charge in [-0.15, -0.1) is 0 Å². The van der Waals surface area contributed by atoms with Gasteiger partial charge in [0.25, 0.3) is 11.8 Å². The number of carbonyl (C=O) groups excluding carboxylic acids is 2. The van der Waals surface area contributed by atoms with E-state index < -0.39 is 11.7 Å². The van der Waals surface area contributed by atoms with E-state index in [0.29, 0.717) is 37.1 Å². The molecule has 0 radical (unpaired) electrons. The standard InChI is InChI=1S/C37H42FN5O4/c1-25-6-2-10-34(41-25)36(46)43-31-17-15-30(16-18-31)42-35(45)33-23-29(38)24-40-37(33)47-32-9-3-8-28(22-32)27-13-11-26(12-14-27)7-4-19-39-20-5-21-44/h2-3,6,8-14,22-24,30-31,39,44H,4-5,7,15-21H2,1H3,(H,42,45)(H,43,46). The van der Waals surface area contributed by atoms with E-state index in [-0.39, 0.29) is 36.0 Å². The molecule has 0 unspecified atom stereocenters. The third-order valence-corrected chi connectivity index (χ3v) is 8.25. The van der Waals surface area contributed by atoms with Gasteiger partial charge in [-0.2, -0.15) is 0 Å². The first kappa shape index (κ1) is 33.7. The summed E-state index contributed by atoms with van der Waals surface area (Å²) in [6.45, 7) is 3.78. The van der Waals surface area contributed by atoms with Crippen LogP contribution in [0.25, 0.3) is 11.1 Å². The SMILES string of the molecule is Cc1cccc(C(=O)NC2CCC(NC(=O)c3cc(F)cnc3Oc3cccc(-c4ccc(CCCNCCCO)cc4)c3)CC2)n1. The topological polar surface area (TPSA) is 125 Å². The lowest BCUT2D eigenvalue weighted by Gasteiger charge is -2.29. The molecule has 2 heterocycles. The number of nitrogens with zero attached hydrogens (tertiary/aromatic N) is 2. The maximum absolute atomic E-state index is 14.3. The van der Waals surface area contributed by atoms with Gasteiger partial charge in [0.2, 0.25) is 5.88 Å². The molecular formula is C37H42FN5O4. The first-order chi connectivity index (χ1) is 22.9. The smallest absolute Gasteiger partial charge is 0.270 e. The van der Waals surface area contributed by atoms with Crippen LogP contribution in [-0.4, -0.2) is 58.7 Å². The third-order valence-electron chi connectivity index (χ3n) is 8.25. The highest BCUT2D eigenvalue weighted by Gasteiger charge is 2.26. The van der Waals surface area contributed by atoms with Crippen molar-refractivity contribution in [3.63, 3.8) is 0 Å². The van der Waals surface area contributed by atoms with Crippen molar-refractivity contribution >= 4 is 11.8 Å². The Morgan fingerprint density at radius 3 is 2.30 bits per heavy atom. The predicted octanol–water partition coefficient (Wildman–Crippen LogP) is 5.76. The minimum absolute atomic E-state index is 0.0127. The van der Waals surface area contributed by atoms with Gasteiger partial charge in [0.15, 0.2) is 0 Å². The minimum atomic E-state index is -0.631. The van der Waals surface area contributed by atoms with Gasteiger partial charge in [-0.1, -0.05) is 42.5 Å². The molecule has 1 aliphatic carbocycles. The fraction of sp³-hybridized carbons (Fsp3) is 0.351. The molecule has 0 aliphatic heterocycles. The van der Waals surface area contributed by atoms with E-state index >= 15 is 0 Å². The Hall–Kier alpha value is -4.67. The lowest BCUT2D eigenvalue weighted by Crippen LogP contribution is -2.44. The number of aliphatic hydroxyl groups is 1. The summed E-state index contributed by atoms with van der Waals surface area (Å²) in [7, 11) is 0. The van der Waals surface area contributed by atoms with Gasteiger partial charge in [0.1, 0.15) is 22.8 Å². The van der Waals surface area contributed by atoms with Gasteiger partial charge in [0, 0.05) is 24.4 Å². The molecule has 0 saturated heterocycles. The van der Waals surface area contributed by atoms with Gasteiger partial charge < -0.3 is 25.8 Å². The normalized spacial score (nSPS) is 16.0. The number of aromatic nitrogens is 2. The van der Waals surface area contributed by atoms with Crippen molar-refractivity contribution in [2.45, 2.75) is 64.0 Å². The highest BCUT2D eigenvalue weighted by molar-refractivity contribution is 5.96. The fourth-order valence-electron chi connectivity index (χ4n) is 5.71. The number of ether oxygens (including phenoxy) is 1. The molecular weight excluding hydrogens is 597 g/mol. The number of aliphatic hydroxyl groups excluding tert-OH is 1.